The third-order valence-electron chi connectivity index (χ3n) is 1.64. The number of hydrogen-bond donors (Lipinski definition) is 1. The molecule has 0 nitrogen and oxygen atoms in total. The molecule has 0 aliphatic carbocycles. The molecule has 0 radical (unpaired) electrons. The summed E-state index contributed by atoms with van der Waals surface area (Å²) in [4.78, 5) is 1.01. The molecule has 0 spiro atoms. The van der Waals surface area contributed by atoms with E-state index in [0.29, 0.717) is 5.92 Å². The molecule has 60 valence electrons. The van der Waals surface area contributed by atoms with Gasteiger partial charge in [0.1, 0.15) is 0 Å². The van der Waals surface area contributed by atoms with Crippen molar-refractivity contribution in [2.75, 3.05) is 0 Å². The predicted octanol–water partition coefficient (Wildman–Crippen LogP) is 3.86. The normalized spacial score (nSPS) is 10.6. The monoisotopic (exact) mass is 230 g/mol. The molecule has 0 saturated carbocycles. The third-order valence-corrected chi connectivity index (χ3v) is 3.00. The Morgan fingerprint density at radius 3 is 2.45 bits per heavy atom. The maximum absolute atomic E-state index is 4.32. The highest BCUT2D eigenvalue weighted by atomic mass is 79.9. The minimum Gasteiger partial charge on any atom is -0.142 e. The second-order valence-electron chi connectivity index (χ2n) is 2.87. The molecule has 0 saturated heterocycles. The molecule has 0 aromatic heterocycles. The van der Waals surface area contributed by atoms with E-state index in [1.807, 2.05) is 6.07 Å². The van der Waals surface area contributed by atoms with Crippen LogP contribution in [0.3, 0.4) is 0 Å². The Labute approximate surface area is 81.5 Å². The molecule has 0 fully saturated rings. The van der Waals surface area contributed by atoms with Gasteiger partial charge < -0.3 is 0 Å². The standard InChI is InChI=1S/C9H11BrS/c1-6(2)7-3-4-8(10)9(11)5-7/h3-6,11H,1-2H3. The van der Waals surface area contributed by atoms with Crippen molar-refractivity contribution in [3.63, 3.8) is 0 Å². The van der Waals surface area contributed by atoms with Gasteiger partial charge in [0.05, 0.1) is 0 Å². The zero-order valence-corrected chi connectivity index (χ0v) is 9.12. The maximum atomic E-state index is 4.32. The summed E-state index contributed by atoms with van der Waals surface area (Å²) in [6.07, 6.45) is 0. The Hall–Kier alpha value is 0.0500. The summed E-state index contributed by atoms with van der Waals surface area (Å²) in [6.45, 7) is 4.35. The van der Waals surface area contributed by atoms with Crippen LogP contribution in [-0.4, -0.2) is 0 Å². The SMILES string of the molecule is CC(C)c1ccc(Br)c(S)c1. The lowest BCUT2D eigenvalue weighted by Crippen LogP contribution is -1.86. The predicted molar refractivity (Wildman–Crippen MR) is 55.5 cm³/mol. The number of benzene rings is 1. The van der Waals surface area contributed by atoms with E-state index in [9.17, 15) is 0 Å². The molecular formula is C9H11BrS. The van der Waals surface area contributed by atoms with Crippen LogP contribution in [0.2, 0.25) is 0 Å². The van der Waals surface area contributed by atoms with Gasteiger partial charge in [0.2, 0.25) is 0 Å². The highest BCUT2D eigenvalue weighted by Crippen LogP contribution is 2.24. The molecule has 1 aromatic carbocycles. The van der Waals surface area contributed by atoms with Crippen LogP contribution in [0.1, 0.15) is 25.3 Å². The Balaban J connectivity index is 3.05. The van der Waals surface area contributed by atoms with Crippen molar-refractivity contribution in [1.82, 2.24) is 0 Å². The summed E-state index contributed by atoms with van der Waals surface area (Å²) in [5, 5.41) is 0. The lowest BCUT2D eigenvalue weighted by atomic mass is 10.0. The van der Waals surface area contributed by atoms with Crippen molar-refractivity contribution in [2.24, 2.45) is 0 Å². The topological polar surface area (TPSA) is 0 Å². The minimum atomic E-state index is 0.578. The molecule has 2 heteroatoms. The summed E-state index contributed by atoms with van der Waals surface area (Å²) in [5.41, 5.74) is 1.33. The van der Waals surface area contributed by atoms with Crippen LogP contribution >= 0.6 is 28.6 Å². The van der Waals surface area contributed by atoms with E-state index in [-0.39, 0.29) is 0 Å². The van der Waals surface area contributed by atoms with Gasteiger partial charge in [-0.3, -0.25) is 0 Å². The number of halogens is 1. The summed E-state index contributed by atoms with van der Waals surface area (Å²) in [6, 6.07) is 6.25. The van der Waals surface area contributed by atoms with E-state index >= 15 is 0 Å². The summed E-state index contributed by atoms with van der Waals surface area (Å²) < 4.78 is 1.06. The Bertz CT molecular complexity index is 256. The highest BCUT2D eigenvalue weighted by Gasteiger charge is 2.00. The van der Waals surface area contributed by atoms with Crippen LogP contribution < -0.4 is 0 Å². The first-order valence-electron chi connectivity index (χ1n) is 3.59. The average Bonchev–Trinajstić information content (AvgIpc) is 1.94. The van der Waals surface area contributed by atoms with Gasteiger partial charge in [-0.25, -0.2) is 0 Å². The molecule has 11 heavy (non-hydrogen) atoms. The zero-order chi connectivity index (χ0) is 8.43. The molecule has 0 unspecified atom stereocenters. The first-order chi connectivity index (χ1) is 5.11. The first-order valence-corrected chi connectivity index (χ1v) is 4.83. The highest BCUT2D eigenvalue weighted by molar-refractivity contribution is 9.10. The Kier molecular flexibility index (Phi) is 3.02. The fourth-order valence-electron chi connectivity index (χ4n) is 0.889. The van der Waals surface area contributed by atoms with Crippen molar-refractivity contribution in [2.45, 2.75) is 24.7 Å². The quantitative estimate of drug-likeness (QED) is 0.697. The van der Waals surface area contributed by atoms with Crippen LogP contribution in [0.4, 0.5) is 0 Å². The van der Waals surface area contributed by atoms with Gasteiger partial charge in [0.25, 0.3) is 0 Å². The van der Waals surface area contributed by atoms with Gasteiger partial charge in [0.15, 0.2) is 0 Å². The van der Waals surface area contributed by atoms with E-state index < -0.39 is 0 Å². The van der Waals surface area contributed by atoms with E-state index in [2.05, 4.69) is 54.5 Å². The zero-order valence-electron chi connectivity index (χ0n) is 6.63. The molecular weight excluding hydrogens is 220 g/mol. The molecule has 0 atom stereocenters. The van der Waals surface area contributed by atoms with E-state index in [1.165, 1.54) is 5.56 Å². The van der Waals surface area contributed by atoms with Gasteiger partial charge >= 0.3 is 0 Å². The molecule has 0 heterocycles. The van der Waals surface area contributed by atoms with Crippen molar-refractivity contribution in [3.8, 4) is 0 Å². The van der Waals surface area contributed by atoms with Crippen molar-refractivity contribution in [3.05, 3.63) is 28.2 Å². The molecule has 1 rings (SSSR count). The van der Waals surface area contributed by atoms with E-state index in [4.69, 9.17) is 0 Å². The fourth-order valence-corrected chi connectivity index (χ4v) is 1.36. The van der Waals surface area contributed by atoms with Crippen LogP contribution in [0.5, 0.6) is 0 Å². The van der Waals surface area contributed by atoms with E-state index in [1.54, 1.807) is 0 Å². The average molecular weight is 231 g/mol. The lowest BCUT2D eigenvalue weighted by molar-refractivity contribution is 0.861. The van der Waals surface area contributed by atoms with Gasteiger partial charge in [-0.05, 0) is 39.5 Å². The number of rotatable bonds is 1. The Morgan fingerprint density at radius 1 is 1.36 bits per heavy atom. The number of hydrogen-bond acceptors (Lipinski definition) is 1. The van der Waals surface area contributed by atoms with E-state index in [0.717, 1.165) is 9.37 Å². The largest absolute Gasteiger partial charge is 0.142 e. The second kappa shape index (κ2) is 3.63. The third kappa shape index (κ3) is 2.24. The van der Waals surface area contributed by atoms with Crippen molar-refractivity contribution in [1.29, 1.82) is 0 Å². The summed E-state index contributed by atoms with van der Waals surface area (Å²) in [5.74, 6) is 0.578. The van der Waals surface area contributed by atoms with Crippen molar-refractivity contribution >= 4 is 28.6 Å². The minimum absolute atomic E-state index is 0.578. The first kappa shape index (κ1) is 9.14. The smallest absolute Gasteiger partial charge is 0.0308 e. The van der Waals surface area contributed by atoms with Gasteiger partial charge in [-0.1, -0.05) is 19.9 Å². The molecule has 0 aliphatic heterocycles. The molecule has 0 bridgehead atoms. The molecule has 0 aliphatic rings. The Morgan fingerprint density at radius 2 is 2.00 bits per heavy atom. The van der Waals surface area contributed by atoms with Crippen LogP contribution in [0.15, 0.2) is 27.6 Å². The van der Waals surface area contributed by atoms with Crippen LogP contribution in [0.25, 0.3) is 0 Å². The summed E-state index contributed by atoms with van der Waals surface area (Å²) >= 11 is 7.72. The second-order valence-corrected chi connectivity index (χ2v) is 4.20. The summed E-state index contributed by atoms with van der Waals surface area (Å²) in [7, 11) is 0. The van der Waals surface area contributed by atoms with Crippen LogP contribution in [0, 0.1) is 0 Å². The lowest BCUT2D eigenvalue weighted by Gasteiger charge is -2.06. The molecule has 1 aromatic rings. The maximum Gasteiger partial charge on any atom is 0.0308 e. The van der Waals surface area contributed by atoms with Gasteiger partial charge in [-0.2, -0.15) is 0 Å². The molecule has 0 N–H and O–H groups in total. The number of thiol groups is 1. The van der Waals surface area contributed by atoms with Crippen molar-refractivity contribution < 1.29 is 0 Å². The van der Waals surface area contributed by atoms with Gasteiger partial charge in [-0.15, -0.1) is 12.6 Å². The molecule has 0 amide bonds. The van der Waals surface area contributed by atoms with Crippen LogP contribution in [-0.2, 0) is 0 Å². The fraction of sp³-hybridized carbons (Fsp3) is 0.333. The van der Waals surface area contributed by atoms with Gasteiger partial charge in [0, 0.05) is 9.37 Å².